The maximum Gasteiger partial charge on any atom is 0.137 e. The predicted octanol–water partition coefficient (Wildman–Crippen LogP) is 10.4. The number of aromatic nitrogens is 1. The Morgan fingerprint density at radius 1 is 0.600 bits per heavy atom. The zero-order chi connectivity index (χ0) is 30.4. The summed E-state index contributed by atoms with van der Waals surface area (Å²) in [6.45, 7) is 4.68. The molecule has 0 amide bonds. The van der Waals surface area contributed by atoms with Crippen LogP contribution >= 0.6 is 0 Å². The maximum atomic E-state index is 9.59. The molecule has 4 nitrogen and oxygen atoms in total. The number of nitriles is 2. The lowest BCUT2D eigenvalue weighted by molar-refractivity contribution is 0.666. The Bertz CT molecular complexity index is 2620. The van der Waals surface area contributed by atoms with Crippen LogP contribution < -0.4 is 0 Å². The Morgan fingerprint density at radius 2 is 1.38 bits per heavy atom. The van der Waals surface area contributed by atoms with Gasteiger partial charge in [0.05, 0.1) is 45.4 Å². The molecule has 0 saturated heterocycles. The second-order valence-electron chi connectivity index (χ2n) is 12.4. The van der Waals surface area contributed by atoms with Crippen molar-refractivity contribution in [2.24, 2.45) is 0 Å². The van der Waals surface area contributed by atoms with E-state index in [1.165, 1.54) is 33.0 Å². The van der Waals surface area contributed by atoms with Crippen molar-refractivity contribution in [1.82, 2.24) is 4.57 Å². The van der Waals surface area contributed by atoms with Gasteiger partial charge in [-0.05, 0) is 88.0 Å². The summed E-state index contributed by atoms with van der Waals surface area (Å²) >= 11 is 0. The minimum absolute atomic E-state index is 0.149. The number of fused-ring (bicyclic) bond motifs is 10. The molecule has 0 atom stereocenters. The number of hydrogen-bond donors (Lipinski definition) is 0. The van der Waals surface area contributed by atoms with E-state index in [-0.39, 0.29) is 5.41 Å². The number of hydrogen-bond acceptors (Lipinski definition) is 3. The lowest BCUT2D eigenvalue weighted by Crippen LogP contribution is -2.15. The summed E-state index contributed by atoms with van der Waals surface area (Å²) in [5, 5.41) is 23.7. The third-order valence-electron chi connectivity index (χ3n) is 9.59. The number of rotatable bonds is 2. The van der Waals surface area contributed by atoms with E-state index >= 15 is 0 Å². The summed E-state index contributed by atoms with van der Waals surface area (Å²) in [6.07, 6.45) is 0. The highest BCUT2D eigenvalue weighted by atomic mass is 16.3. The molecule has 2 heterocycles. The van der Waals surface area contributed by atoms with Crippen molar-refractivity contribution in [3.63, 3.8) is 0 Å². The van der Waals surface area contributed by atoms with E-state index in [1.54, 1.807) is 6.07 Å². The van der Waals surface area contributed by atoms with Crippen molar-refractivity contribution in [2.45, 2.75) is 19.3 Å². The molecule has 0 fully saturated rings. The quantitative estimate of drug-likeness (QED) is 0.206. The second kappa shape index (κ2) is 8.96. The molecule has 0 radical (unpaired) electrons. The van der Waals surface area contributed by atoms with Crippen LogP contribution in [0.15, 0.2) is 120 Å². The van der Waals surface area contributed by atoms with Crippen molar-refractivity contribution >= 4 is 43.7 Å². The van der Waals surface area contributed by atoms with Crippen LogP contribution in [0.1, 0.15) is 36.1 Å². The minimum atomic E-state index is -0.149. The average molecular weight is 576 g/mol. The molecular formula is C41H25N3O. The predicted molar refractivity (Wildman–Crippen MR) is 180 cm³/mol. The molecule has 0 spiro atoms. The van der Waals surface area contributed by atoms with E-state index in [9.17, 15) is 10.5 Å². The Kier molecular flexibility index (Phi) is 5.06. The Morgan fingerprint density at radius 3 is 2.20 bits per heavy atom. The zero-order valence-corrected chi connectivity index (χ0v) is 24.7. The molecule has 45 heavy (non-hydrogen) atoms. The van der Waals surface area contributed by atoms with Gasteiger partial charge in [-0.1, -0.05) is 74.5 Å². The SMILES string of the molecule is CC1(C)c2ccccc2-c2ccc3c(c21)c1ccccc1n3-c1cccc2oc3ccc(-c4cc(C#N)cc(C#N)c4)cc3c12. The van der Waals surface area contributed by atoms with Crippen LogP contribution in [-0.4, -0.2) is 4.57 Å². The molecule has 1 aliphatic rings. The fourth-order valence-corrected chi connectivity index (χ4v) is 7.69. The maximum absolute atomic E-state index is 9.59. The molecule has 9 rings (SSSR count). The van der Waals surface area contributed by atoms with Gasteiger partial charge < -0.3 is 8.98 Å². The highest BCUT2D eigenvalue weighted by Gasteiger charge is 2.38. The van der Waals surface area contributed by atoms with Gasteiger partial charge >= 0.3 is 0 Å². The van der Waals surface area contributed by atoms with E-state index in [0.29, 0.717) is 11.1 Å². The van der Waals surface area contributed by atoms with E-state index in [2.05, 4.69) is 109 Å². The monoisotopic (exact) mass is 575 g/mol. The van der Waals surface area contributed by atoms with E-state index in [4.69, 9.17) is 4.42 Å². The highest BCUT2D eigenvalue weighted by Crippen LogP contribution is 2.53. The fraction of sp³-hybridized carbons (Fsp3) is 0.0732. The topological polar surface area (TPSA) is 65.7 Å². The molecular weight excluding hydrogens is 550 g/mol. The number of furan rings is 1. The number of benzene rings is 6. The van der Waals surface area contributed by atoms with Gasteiger partial charge in [0.1, 0.15) is 11.2 Å². The Labute approximate surface area is 259 Å². The smallest absolute Gasteiger partial charge is 0.137 e. The summed E-state index contributed by atoms with van der Waals surface area (Å²) in [5.74, 6) is 0. The molecule has 0 bridgehead atoms. The Balaban J connectivity index is 1.36. The van der Waals surface area contributed by atoms with Crippen LogP contribution in [0, 0.1) is 22.7 Å². The zero-order valence-electron chi connectivity index (χ0n) is 24.7. The second-order valence-corrected chi connectivity index (χ2v) is 12.4. The lowest BCUT2D eigenvalue weighted by Gasteiger charge is -2.22. The van der Waals surface area contributed by atoms with Gasteiger partial charge in [-0.2, -0.15) is 10.5 Å². The first-order chi connectivity index (χ1) is 22.0. The third kappa shape index (κ3) is 3.40. The first kappa shape index (κ1) is 25.4. The summed E-state index contributed by atoms with van der Waals surface area (Å²) in [4.78, 5) is 0. The molecule has 0 aliphatic heterocycles. The van der Waals surface area contributed by atoms with Gasteiger partial charge in [0, 0.05) is 21.6 Å². The molecule has 6 aromatic carbocycles. The van der Waals surface area contributed by atoms with Crippen molar-refractivity contribution < 1.29 is 4.42 Å². The van der Waals surface area contributed by atoms with E-state index in [1.807, 2.05) is 30.3 Å². The van der Waals surface area contributed by atoms with Crippen LogP contribution in [-0.2, 0) is 5.41 Å². The van der Waals surface area contributed by atoms with E-state index in [0.717, 1.165) is 49.8 Å². The molecule has 2 aromatic heterocycles. The molecule has 8 aromatic rings. The number of nitrogens with zero attached hydrogens (tertiary/aromatic N) is 3. The first-order valence-corrected chi connectivity index (χ1v) is 15.1. The average Bonchev–Trinajstić information content (AvgIpc) is 3.70. The first-order valence-electron chi connectivity index (χ1n) is 15.1. The molecule has 4 heteroatoms. The number of para-hydroxylation sites is 1. The van der Waals surface area contributed by atoms with Gasteiger partial charge in [-0.25, -0.2) is 0 Å². The summed E-state index contributed by atoms with van der Waals surface area (Å²) in [5.41, 5.74) is 12.8. The third-order valence-corrected chi connectivity index (χ3v) is 9.59. The van der Waals surface area contributed by atoms with Crippen LogP contribution in [0.2, 0.25) is 0 Å². The van der Waals surface area contributed by atoms with Gasteiger partial charge in [-0.15, -0.1) is 0 Å². The fourth-order valence-electron chi connectivity index (χ4n) is 7.69. The molecule has 0 saturated carbocycles. The van der Waals surface area contributed by atoms with E-state index < -0.39 is 0 Å². The van der Waals surface area contributed by atoms with Crippen LogP contribution in [0.4, 0.5) is 0 Å². The summed E-state index contributed by atoms with van der Waals surface area (Å²) in [7, 11) is 0. The summed E-state index contributed by atoms with van der Waals surface area (Å²) < 4.78 is 8.81. The van der Waals surface area contributed by atoms with Crippen LogP contribution in [0.25, 0.3) is 71.7 Å². The minimum Gasteiger partial charge on any atom is -0.456 e. The van der Waals surface area contributed by atoms with Crippen molar-refractivity contribution in [3.8, 4) is 40.1 Å². The van der Waals surface area contributed by atoms with Gasteiger partial charge in [0.2, 0.25) is 0 Å². The molecule has 0 N–H and O–H groups in total. The standard InChI is InChI=1S/C41H25N3O/c1-41(2)32-10-5-3-8-28(32)29-15-16-35-39(40(29)41)30-9-4-6-11-33(30)44(35)34-12-7-13-37-38(34)31-21-26(14-17-36(31)45-37)27-19-24(22-42)18-25(20-27)23-43/h3-21H,1-2H3. The van der Waals surface area contributed by atoms with Gasteiger partial charge in [-0.3, -0.25) is 0 Å². The summed E-state index contributed by atoms with van der Waals surface area (Å²) in [6, 6.07) is 44.1. The van der Waals surface area contributed by atoms with Crippen LogP contribution in [0.3, 0.4) is 0 Å². The normalized spacial score (nSPS) is 13.2. The van der Waals surface area contributed by atoms with Crippen molar-refractivity contribution in [2.75, 3.05) is 0 Å². The van der Waals surface area contributed by atoms with Crippen molar-refractivity contribution in [3.05, 3.63) is 138 Å². The van der Waals surface area contributed by atoms with Gasteiger partial charge in [0.25, 0.3) is 0 Å². The van der Waals surface area contributed by atoms with Gasteiger partial charge in [0.15, 0.2) is 0 Å². The van der Waals surface area contributed by atoms with Crippen LogP contribution in [0.5, 0.6) is 0 Å². The highest BCUT2D eigenvalue weighted by molar-refractivity contribution is 6.17. The van der Waals surface area contributed by atoms with Crippen molar-refractivity contribution in [1.29, 1.82) is 10.5 Å². The molecule has 210 valence electrons. The molecule has 1 aliphatic carbocycles. The molecule has 0 unspecified atom stereocenters. The largest absolute Gasteiger partial charge is 0.456 e. The Hall–Kier alpha value is -6.10. The lowest BCUT2D eigenvalue weighted by atomic mass is 9.80.